The molecule has 3 aromatic rings. The van der Waals surface area contributed by atoms with Gasteiger partial charge in [-0.05, 0) is 61.0 Å². The van der Waals surface area contributed by atoms with Crippen LogP contribution in [0, 0.1) is 6.92 Å². The third-order valence-corrected chi connectivity index (χ3v) is 5.83. The van der Waals surface area contributed by atoms with Gasteiger partial charge in [0.1, 0.15) is 5.75 Å². The summed E-state index contributed by atoms with van der Waals surface area (Å²) in [6.45, 7) is 1.78. The second kappa shape index (κ2) is 8.55. The van der Waals surface area contributed by atoms with Gasteiger partial charge >= 0.3 is 0 Å². The molecule has 0 radical (unpaired) electrons. The zero-order valence-corrected chi connectivity index (χ0v) is 17.3. The van der Waals surface area contributed by atoms with E-state index < -0.39 is 10.0 Å². The Kier molecular flexibility index (Phi) is 6.10. The summed E-state index contributed by atoms with van der Waals surface area (Å²) >= 11 is 5.95. The van der Waals surface area contributed by atoms with Gasteiger partial charge in [-0.2, -0.15) is 0 Å². The minimum Gasteiger partial charge on any atom is -0.496 e. The molecule has 0 atom stereocenters. The lowest BCUT2D eigenvalue weighted by Crippen LogP contribution is -2.15. The van der Waals surface area contributed by atoms with Crippen molar-refractivity contribution in [3.05, 3.63) is 82.9 Å². The van der Waals surface area contributed by atoms with E-state index in [1.807, 2.05) is 0 Å². The molecule has 0 aliphatic carbocycles. The molecule has 2 N–H and O–H groups in total. The van der Waals surface area contributed by atoms with Crippen molar-refractivity contribution < 1.29 is 17.9 Å². The highest BCUT2D eigenvalue weighted by atomic mass is 35.5. The smallest absolute Gasteiger partial charge is 0.261 e. The highest BCUT2D eigenvalue weighted by Gasteiger charge is 2.16. The first-order chi connectivity index (χ1) is 13.8. The van der Waals surface area contributed by atoms with Crippen molar-refractivity contribution >= 4 is 38.9 Å². The van der Waals surface area contributed by atoms with Crippen LogP contribution in [0.3, 0.4) is 0 Å². The summed E-state index contributed by atoms with van der Waals surface area (Å²) < 4.78 is 33.0. The Morgan fingerprint density at radius 1 is 1.00 bits per heavy atom. The quantitative estimate of drug-likeness (QED) is 0.593. The Labute approximate surface area is 174 Å². The molecule has 0 saturated carbocycles. The molecule has 8 heteroatoms. The lowest BCUT2D eigenvalue weighted by atomic mass is 10.2. The monoisotopic (exact) mass is 430 g/mol. The summed E-state index contributed by atoms with van der Waals surface area (Å²) in [5, 5.41) is 3.16. The van der Waals surface area contributed by atoms with Gasteiger partial charge in [-0.1, -0.05) is 29.8 Å². The summed E-state index contributed by atoms with van der Waals surface area (Å²) in [7, 11) is -2.32. The van der Waals surface area contributed by atoms with Crippen molar-refractivity contribution in [2.45, 2.75) is 11.8 Å². The second-order valence-electron chi connectivity index (χ2n) is 6.24. The van der Waals surface area contributed by atoms with E-state index in [0.29, 0.717) is 27.7 Å². The Hall–Kier alpha value is -3.03. The Morgan fingerprint density at radius 3 is 2.38 bits per heavy atom. The standard InChI is InChI=1S/C21H19ClN2O4S/c1-14-7-8-15(22)13-19(14)24-29(26,27)17-11-9-16(10-12-17)23-21(25)18-5-3-4-6-20(18)28-2/h3-13,24H,1-2H3,(H,23,25). The van der Waals surface area contributed by atoms with Crippen LogP contribution < -0.4 is 14.8 Å². The maximum Gasteiger partial charge on any atom is 0.261 e. The number of carbonyl (C=O) groups excluding carboxylic acids is 1. The fourth-order valence-corrected chi connectivity index (χ4v) is 3.95. The normalized spacial score (nSPS) is 11.0. The van der Waals surface area contributed by atoms with Gasteiger partial charge < -0.3 is 10.1 Å². The summed E-state index contributed by atoms with van der Waals surface area (Å²) in [4.78, 5) is 12.5. The molecular weight excluding hydrogens is 412 g/mol. The number of para-hydroxylation sites is 1. The van der Waals surface area contributed by atoms with E-state index in [0.717, 1.165) is 5.56 Å². The van der Waals surface area contributed by atoms with Gasteiger partial charge in [0, 0.05) is 10.7 Å². The van der Waals surface area contributed by atoms with Crippen molar-refractivity contribution in [3.63, 3.8) is 0 Å². The number of benzene rings is 3. The van der Waals surface area contributed by atoms with Crippen LogP contribution >= 0.6 is 11.6 Å². The number of halogens is 1. The number of sulfonamides is 1. The van der Waals surface area contributed by atoms with E-state index in [9.17, 15) is 13.2 Å². The molecule has 0 spiro atoms. The van der Waals surface area contributed by atoms with Crippen molar-refractivity contribution in [1.82, 2.24) is 0 Å². The maximum atomic E-state index is 12.6. The van der Waals surface area contributed by atoms with Crippen LogP contribution in [0.5, 0.6) is 5.75 Å². The zero-order chi connectivity index (χ0) is 21.0. The van der Waals surface area contributed by atoms with E-state index in [1.54, 1.807) is 49.4 Å². The molecule has 150 valence electrons. The van der Waals surface area contributed by atoms with E-state index in [4.69, 9.17) is 16.3 Å². The van der Waals surface area contributed by atoms with Crippen molar-refractivity contribution in [1.29, 1.82) is 0 Å². The zero-order valence-electron chi connectivity index (χ0n) is 15.8. The number of nitrogens with one attached hydrogen (secondary N) is 2. The average Bonchev–Trinajstić information content (AvgIpc) is 2.71. The van der Waals surface area contributed by atoms with Crippen LogP contribution in [-0.4, -0.2) is 21.4 Å². The summed E-state index contributed by atoms with van der Waals surface area (Å²) in [6.07, 6.45) is 0. The highest BCUT2D eigenvalue weighted by molar-refractivity contribution is 7.92. The molecule has 29 heavy (non-hydrogen) atoms. The largest absolute Gasteiger partial charge is 0.496 e. The third-order valence-electron chi connectivity index (χ3n) is 4.22. The number of methoxy groups -OCH3 is 1. The molecule has 0 aromatic heterocycles. The summed E-state index contributed by atoms with van der Waals surface area (Å²) in [5.74, 6) is 0.0935. The van der Waals surface area contributed by atoms with Gasteiger partial charge in [0.05, 0.1) is 23.3 Å². The number of hydrogen-bond acceptors (Lipinski definition) is 4. The van der Waals surface area contributed by atoms with Crippen LogP contribution in [-0.2, 0) is 10.0 Å². The molecule has 3 aromatic carbocycles. The molecule has 0 heterocycles. The first-order valence-electron chi connectivity index (χ1n) is 8.63. The molecule has 0 saturated heterocycles. The van der Waals surface area contributed by atoms with Gasteiger partial charge in [-0.15, -0.1) is 0 Å². The van der Waals surface area contributed by atoms with Crippen molar-refractivity contribution in [2.24, 2.45) is 0 Å². The molecule has 6 nitrogen and oxygen atoms in total. The van der Waals surface area contributed by atoms with Crippen LogP contribution in [0.2, 0.25) is 5.02 Å². The molecule has 0 aliphatic heterocycles. The summed E-state index contributed by atoms with van der Waals surface area (Å²) in [6, 6.07) is 17.7. The number of aryl methyl sites for hydroxylation is 1. The number of anilines is 2. The molecule has 0 unspecified atom stereocenters. The lowest BCUT2D eigenvalue weighted by molar-refractivity contribution is 0.102. The van der Waals surface area contributed by atoms with E-state index in [1.165, 1.54) is 31.4 Å². The van der Waals surface area contributed by atoms with Crippen LogP contribution in [0.4, 0.5) is 11.4 Å². The van der Waals surface area contributed by atoms with E-state index in [-0.39, 0.29) is 10.8 Å². The van der Waals surface area contributed by atoms with Gasteiger partial charge in [0.2, 0.25) is 0 Å². The summed E-state index contributed by atoms with van der Waals surface area (Å²) in [5.41, 5.74) is 1.99. The van der Waals surface area contributed by atoms with E-state index >= 15 is 0 Å². The van der Waals surface area contributed by atoms with Gasteiger partial charge in [-0.25, -0.2) is 8.42 Å². The predicted octanol–water partition coefficient (Wildman–Crippen LogP) is 4.71. The second-order valence-corrected chi connectivity index (χ2v) is 8.36. The van der Waals surface area contributed by atoms with Crippen LogP contribution in [0.1, 0.15) is 15.9 Å². The Balaban J connectivity index is 1.77. The lowest BCUT2D eigenvalue weighted by Gasteiger charge is -2.12. The number of rotatable bonds is 6. The fourth-order valence-electron chi connectivity index (χ4n) is 2.66. The van der Waals surface area contributed by atoms with Crippen molar-refractivity contribution in [3.8, 4) is 5.75 Å². The molecule has 0 fully saturated rings. The minimum atomic E-state index is -3.80. The predicted molar refractivity (Wildman–Crippen MR) is 114 cm³/mol. The van der Waals surface area contributed by atoms with Crippen LogP contribution in [0.15, 0.2) is 71.6 Å². The van der Waals surface area contributed by atoms with E-state index in [2.05, 4.69) is 10.0 Å². The number of hydrogen-bond donors (Lipinski definition) is 2. The van der Waals surface area contributed by atoms with Crippen molar-refractivity contribution in [2.75, 3.05) is 17.1 Å². The Bertz CT molecular complexity index is 1150. The SMILES string of the molecule is COc1ccccc1C(=O)Nc1ccc(S(=O)(=O)Nc2cc(Cl)ccc2C)cc1. The number of carbonyl (C=O) groups is 1. The molecular formula is C21H19ClN2O4S. The van der Waals surface area contributed by atoms with Gasteiger partial charge in [-0.3, -0.25) is 9.52 Å². The molecule has 1 amide bonds. The molecule has 0 aliphatic rings. The molecule has 0 bridgehead atoms. The molecule has 3 rings (SSSR count). The fraction of sp³-hybridized carbons (Fsp3) is 0.0952. The minimum absolute atomic E-state index is 0.0622. The average molecular weight is 431 g/mol. The Morgan fingerprint density at radius 2 is 1.69 bits per heavy atom. The number of amides is 1. The first-order valence-corrected chi connectivity index (χ1v) is 10.5. The number of ether oxygens (including phenoxy) is 1. The van der Waals surface area contributed by atoms with Crippen LogP contribution in [0.25, 0.3) is 0 Å². The first kappa shape index (κ1) is 20.7. The van der Waals surface area contributed by atoms with Gasteiger partial charge in [0.15, 0.2) is 0 Å². The third kappa shape index (κ3) is 4.88. The highest BCUT2D eigenvalue weighted by Crippen LogP contribution is 2.24. The topological polar surface area (TPSA) is 84.5 Å². The van der Waals surface area contributed by atoms with Gasteiger partial charge in [0.25, 0.3) is 15.9 Å². The maximum absolute atomic E-state index is 12.6.